The second-order valence-corrected chi connectivity index (χ2v) is 5.51. The van der Waals surface area contributed by atoms with Gasteiger partial charge >= 0.3 is 0 Å². The molecule has 3 rings (SSSR count). The Bertz CT molecular complexity index is 659. The topological polar surface area (TPSA) is 46.3 Å². The molecular formula is C17H18N2O. The molecular weight excluding hydrogens is 248 g/mol. The van der Waals surface area contributed by atoms with E-state index >= 15 is 0 Å². The predicted octanol–water partition coefficient (Wildman–Crippen LogP) is 3.55. The van der Waals surface area contributed by atoms with E-state index < -0.39 is 0 Å². The molecule has 3 heteroatoms. The minimum Gasteiger partial charge on any atom is -0.398 e. The number of nitrogen functional groups attached to an aromatic ring is 1. The lowest BCUT2D eigenvalue weighted by atomic mass is 10.0. The monoisotopic (exact) mass is 266 g/mol. The first-order valence-corrected chi connectivity index (χ1v) is 6.87. The number of carbonyl (C=O) groups excluding carboxylic acids is 1. The van der Waals surface area contributed by atoms with Crippen molar-refractivity contribution in [3.63, 3.8) is 0 Å². The molecule has 20 heavy (non-hydrogen) atoms. The number of hydrogen-bond acceptors (Lipinski definition) is 2. The zero-order chi connectivity index (χ0) is 14.3. The van der Waals surface area contributed by atoms with Gasteiger partial charge in [-0.15, -0.1) is 0 Å². The highest BCUT2D eigenvalue weighted by Crippen LogP contribution is 2.32. The highest BCUT2D eigenvalue weighted by Gasteiger charge is 2.29. The van der Waals surface area contributed by atoms with Gasteiger partial charge in [0.25, 0.3) is 5.91 Å². The van der Waals surface area contributed by atoms with Crippen LogP contribution in [0, 0.1) is 0 Å². The molecule has 102 valence electrons. The minimum atomic E-state index is 0.0320. The van der Waals surface area contributed by atoms with Gasteiger partial charge < -0.3 is 10.6 Å². The average molecular weight is 266 g/mol. The minimum absolute atomic E-state index is 0.0320. The van der Waals surface area contributed by atoms with Crippen LogP contribution in [0.3, 0.4) is 0 Å². The van der Waals surface area contributed by atoms with Crippen LogP contribution in [0.2, 0.25) is 0 Å². The second-order valence-electron chi connectivity index (χ2n) is 5.51. The van der Waals surface area contributed by atoms with Crippen molar-refractivity contribution in [1.82, 2.24) is 0 Å². The molecule has 2 aromatic carbocycles. The Hall–Kier alpha value is -2.29. The van der Waals surface area contributed by atoms with Crippen LogP contribution in [0.15, 0.2) is 42.5 Å². The van der Waals surface area contributed by atoms with E-state index in [4.69, 9.17) is 5.73 Å². The van der Waals surface area contributed by atoms with Crippen molar-refractivity contribution in [2.45, 2.75) is 26.3 Å². The van der Waals surface area contributed by atoms with Crippen LogP contribution in [-0.2, 0) is 6.54 Å². The standard InChI is InChI=1S/C17H18N2O/c1-11(2)12-6-8-13(9-7-12)19-10-15-14(17(19)20)4-3-5-16(15)18/h3-9,11H,10,18H2,1-2H3. The molecule has 0 aliphatic carbocycles. The molecule has 0 bridgehead atoms. The number of fused-ring (bicyclic) bond motifs is 1. The van der Waals surface area contributed by atoms with Gasteiger partial charge in [0.05, 0.1) is 6.54 Å². The summed E-state index contributed by atoms with van der Waals surface area (Å²) in [7, 11) is 0. The fraction of sp³-hybridized carbons (Fsp3) is 0.235. The summed E-state index contributed by atoms with van der Waals surface area (Å²) in [6, 6.07) is 13.7. The number of benzene rings is 2. The first-order chi connectivity index (χ1) is 9.58. The molecule has 1 aliphatic heterocycles. The fourth-order valence-electron chi connectivity index (χ4n) is 2.60. The maximum atomic E-state index is 12.4. The summed E-state index contributed by atoms with van der Waals surface area (Å²) in [5.74, 6) is 0.524. The molecule has 0 spiro atoms. The number of nitrogens with zero attached hydrogens (tertiary/aromatic N) is 1. The van der Waals surface area contributed by atoms with E-state index in [1.165, 1.54) is 5.56 Å². The molecule has 1 amide bonds. The largest absolute Gasteiger partial charge is 0.398 e. The molecule has 2 N–H and O–H groups in total. The van der Waals surface area contributed by atoms with E-state index in [1.54, 1.807) is 4.90 Å². The van der Waals surface area contributed by atoms with Crippen molar-refractivity contribution in [1.29, 1.82) is 0 Å². The Morgan fingerprint density at radius 2 is 1.80 bits per heavy atom. The molecule has 0 aromatic heterocycles. The third kappa shape index (κ3) is 1.95. The summed E-state index contributed by atoms with van der Waals surface area (Å²) in [5.41, 5.74) is 10.5. The lowest BCUT2D eigenvalue weighted by Crippen LogP contribution is -2.22. The summed E-state index contributed by atoms with van der Waals surface area (Å²) >= 11 is 0. The smallest absolute Gasteiger partial charge is 0.259 e. The maximum Gasteiger partial charge on any atom is 0.259 e. The maximum absolute atomic E-state index is 12.4. The third-order valence-corrected chi connectivity index (χ3v) is 3.88. The van der Waals surface area contributed by atoms with E-state index in [1.807, 2.05) is 30.3 Å². The van der Waals surface area contributed by atoms with Crippen LogP contribution in [0.1, 0.15) is 41.3 Å². The summed E-state index contributed by atoms with van der Waals surface area (Å²) in [5, 5.41) is 0. The molecule has 2 aromatic rings. The van der Waals surface area contributed by atoms with E-state index in [9.17, 15) is 4.79 Å². The van der Waals surface area contributed by atoms with Crippen molar-refractivity contribution in [2.24, 2.45) is 0 Å². The molecule has 1 aliphatic rings. The molecule has 0 atom stereocenters. The first kappa shape index (κ1) is 12.7. The second kappa shape index (κ2) is 4.67. The molecule has 3 nitrogen and oxygen atoms in total. The number of rotatable bonds is 2. The van der Waals surface area contributed by atoms with Crippen LogP contribution in [0.25, 0.3) is 0 Å². The van der Waals surface area contributed by atoms with Crippen molar-refractivity contribution >= 4 is 17.3 Å². The van der Waals surface area contributed by atoms with Crippen molar-refractivity contribution in [3.8, 4) is 0 Å². The Morgan fingerprint density at radius 3 is 2.40 bits per heavy atom. The average Bonchev–Trinajstić information content (AvgIpc) is 2.78. The van der Waals surface area contributed by atoms with Crippen molar-refractivity contribution in [3.05, 3.63) is 59.2 Å². The fourth-order valence-corrected chi connectivity index (χ4v) is 2.60. The Balaban J connectivity index is 1.94. The molecule has 0 fully saturated rings. The first-order valence-electron chi connectivity index (χ1n) is 6.87. The van der Waals surface area contributed by atoms with Gasteiger partial charge in [0, 0.05) is 22.5 Å². The van der Waals surface area contributed by atoms with Crippen LogP contribution in [-0.4, -0.2) is 5.91 Å². The highest BCUT2D eigenvalue weighted by molar-refractivity contribution is 6.11. The Labute approximate surface area is 119 Å². The van der Waals surface area contributed by atoms with E-state index in [-0.39, 0.29) is 5.91 Å². The van der Waals surface area contributed by atoms with Gasteiger partial charge in [-0.05, 0) is 35.7 Å². The molecule has 1 heterocycles. The number of carbonyl (C=O) groups is 1. The quantitative estimate of drug-likeness (QED) is 0.845. The summed E-state index contributed by atoms with van der Waals surface area (Å²) in [6.45, 7) is 4.88. The van der Waals surface area contributed by atoms with Gasteiger partial charge in [0.2, 0.25) is 0 Å². The molecule has 0 saturated carbocycles. The zero-order valence-electron chi connectivity index (χ0n) is 11.8. The summed E-state index contributed by atoms with van der Waals surface area (Å²) < 4.78 is 0. The number of anilines is 2. The number of hydrogen-bond donors (Lipinski definition) is 1. The molecule has 0 radical (unpaired) electrons. The summed E-state index contributed by atoms with van der Waals surface area (Å²) in [4.78, 5) is 14.2. The highest BCUT2D eigenvalue weighted by atomic mass is 16.2. The number of amides is 1. The van der Waals surface area contributed by atoms with Crippen LogP contribution >= 0.6 is 0 Å². The lowest BCUT2D eigenvalue weighted by molar-refractivity contribution is 0.0996. The van der Waals surface area contributed by atoms with Gasteiger partial charge in [-0.3, -0.25) is 4.79 Å². The van der Waals surface area contributed by atoms with Crippen LogP contribution in [0.4, 0.5) is 11.4 Å². The van der Waals surface area contributed by atoms with Crippen LogP contribution < -0.4 is 10.6 Å². The van der Waals surface area contributed by atoms with E-state index in [0.29, 0.717) is 18.2 Å². The van der Waals surface area contributed by atoms with Crippen molar-refractivity contribution < 1.29 is 4.79 Å². The number of nitrogens with two attached hydrogens (primary N) is 1. The van der Waals surface area contributed by atoms with Gasteiger partial charge in [-0.25, -0.2) is 0 Å². The zero-order valence-corrected chi connectivity index (χ0v) is 11.8. The van der Waals surface area contributed by atoms with Gasteiger partial charge in [0.15, 0.2) is 0 Å². The van der Waals surface area contributed by atoms with E-state index in [0.717, 1.165) is 16.8 Å². The Morgan fingerprint density at radius 1 is 1.10 bits per heavy atom. The van der Waals surface area contributed by atoms with Gasteiger partial charge in [-0.2, -0.15) is 0 Å². The molecule has 0 unspecified atom stereocenters. The van der Waals surface area contributed by atoms with Crippen LogP contribution in [0.5, 0.6) is 0 Å². The van der Waals surface area contributed by atoms with Crippen molar-refractivity contribution in [2.75, 3.05) is 10.6 Å². The van der Waals surface area contributed by atoms with E-state index in [2.05, 4.69) is 26.0 Å². The normalized spacial score (nSPS) is 13.9. The predicted molar refractivity (Wildman–Crippen MR) is 81.9 cm³/mol. The summed E-state index contributed by atoms with van der Waals surface area (Å²) in [6.07, 6.45) is 0. The van der Waals surface area contributed by atoms with Gasteiger partial charge in [0.1, 0.15) is 0 Å². The third-order valence-electron chi connectivity index (χ3n) is 3.88. The lowest BCUT2D eigenvalue weighted by Gasteiger charge is -2.17. The SMILES string of the molecule is CC(C)c1ccc(N2Cc3c(N)cccc3C2=O)cc1. The Kier molecular flexibility index (Phi) is 2.97. The van der Waals surface area contributed by atoms with Gasteiger partial charge in [-0.1, -0.05) is 32.0 Å². The molecule has 0 saturated heterocycles.